The first-order valence-electron chi connectivity index (χ1n) is 7.13. The van der Waals surface area contributed by atoms with Gasteiger partial charge in [-0.15, -0.1) is 0 Å². The third-order valence-corrected chi connectivity index (χ3v) is 3.48. The Labute approximate surface area is 117 Å². The Bertz CT molecular complexity index is 437. The van der Waals surface area contributed by atoms with Crippen molar-refractivity contribution in [2.24, 2.45) is 5.92 Å². The number of carbonyl (C=O) groups is 1. The van der Waals surface area contributed by atoms with E-state index >= 15 is 0 Å². The molecule has 0 radical (unpaired) electrons. The third kappa shape index (κ3) is 4.17. The second-order valence-corrected chi connectivity index (χ2v) is 6.25. The molecule has 0 aliphatic rings. The smallest absolute Gasteiger partial charge is 0.155 e. The molecule has 0 unspecified atom stereocenters. The maximum atomic E-state index is 12.6. The summed E-state index contributed by atoms with van der Waals surface area (Å²) in [6.45, 7) is 12.3. The van der Waals surface area contributed by atoms with E-state index in [1.165, 1.54) is 11.1 Å². The Morgan fingerprint density at radius 2 is 1.79 bits per heavy atom. The van der Waals surface area contributed by atoms with Gasteiger partial charge < -0.3 is 5.32 Å². The molecule has 0 aliphatic heterocycles. The lowest BCUT2D eigenvalue weighted by molar-refractivity contribution is -0.128. The first-order valence-corrected chi connectivity index (χ1v) is 7.13. The van der Waals surface area contributed by atoms with Crippen LogP contribution in [0.5, 0.6) is 0 Å². The number of Topliss-reactive ketones (excluding diaryl/α,β-unsaturated/α-hetero) is 1. The zero-order valence-electron chi connectivity index (χ0n) is 13.1. The van der Waals surface area contributed by atoms with Gasteiger partial charge in [0, 0.05) is 12.0 Å². The van der Waals surface area contributed by atoms with E-state index in [0.29, 0.717) is 0 Å². The normalized spacial score (nSPS) is 14.7. The van der Waals surface area contributed by atoms with Gasteiger partial charge in [0.15, 0.2) is 5.78 Å². The molecule has 1 N–H and O–H groups in total. The van der Waals surface area contributed by atoms with Crippen LogP contribution in [0.4, 0.5) is 0 Å². The first-order chi connectivity index (χ1) is 8.76. The van der Waals surface area contributed by atoms with E-state index < -0.39 is 5.54 Å². The summed E-state index contributed by atoms with van der Waals surface area (Å²) in [5, 5.41) is 3.46. The number of carbonyl (C=O) groups excluding carboxylic acids is 1. The molecule has 106 valence electrons. The monoisotopic (exact) mass is 261 g/mol. The SMILES string of the molecule is Cc1ccccc1C[C@](C)(NC(C)C)C(=O)C(C)C. The van der Waals surface area contributed by atoms with Crippen molar-refractivity contribution in [2.75, 3.05) is 0 Å². The second kappa shape index (κ2) is 6.33. The fraction of sp³-hybridized carbons (Fsp3) is 0.588. The summed E-state index contributed by atoms with van der Waals surface area (Å²) in [7, 11) is 0. The molecule has 1 rings (SSSR count). The summed E-state index contributed by atoms with van der Waals surface area (Å²) < 4.78 is 0. The lowest BCUT2D eigenvalue weighted by atomic mass is 9.82. The molecule has 0 heterocycles. The summed E-state index contributed by atoms with van der Waals surface area (Å²) >= 11 is 0. The Kier molecular flexibility index (Phi) is 5.30. The summed E-state index contributed by atoms with van der Waals surface area (Å²) in [5.41, 5.74) is 2.00. The molecule has 1 aromatic carbocycles. The fourth-order valence-electron chi connectivity index (χ4n) is 2.67. The summed E-state index contributed by atoms with van der Waals surface area (Å²) in [5.74, 6) is 0.324. The highest BCUT2D eigenvalue weighted by Crippen LogP contribution is 2.21. The first kappa shape index (κ1) is 15.9. The van der Waals surface area contributed by atoms with E-state index in [4.69, 9.17) is 0 Å². The van der Waals surface area contributed by atoms with E-state index in [-0.39, 0.29) is 17.7 Å². The summed E-state index contributed by atoms with van der Waals surface area (Å²) in [6.07, 6.45) is 0.745. The highest BCUT2D eigenvalue weighted by Gasteiger charge is 2.35. The van der Waals surface area contributed by atoms with Gasteiger partial charge in [0.2, 0.25) is 0 Å². The number of hydrogen-bond acceptors (Lipinski definition) is 2. The van der Waals surface area contributed by atoms with Gasteiger partial charge in [-0.05, 0) is 45.2 Å². The van der Waals surface area contributed by atoms with Crippen LogP contribution in [0.3, 0.4) is 0 Å². The third-order valence-electron chi connectivity index (χ3n) is 3.48. The Hall–Kier alpha value is -1.15. The molecule has 0 saturated carbocycles. The van der Waals surface area contributed by atoms with Crippen LogP contribution in [0.15, 0.2) is 24.3 Å². The number of benzene rings is 1. The highest BCUT2D eigenvalue weighted by atomic mass is 16.1. The van der Waals surface area contributed by atoms with Crippen molar-refractivity contribution in [2.45, 2.75) is 59.5 Å². The highest BCUT2D eigenvalue weighted by molar-refractivity contribution is 5.90. The van der Waals surface area contributed by atoms with Crippen LogP contribution in [0.1, 0.15) is 45.7 Å². The van der Waals surface area contributed by atoms with Crippen molar-refractivity contribution < 1.29 is 4.79 Å². The average molecular weight is 261 g/mol. The molecule has 0 spiro atoms. The molecular formula is C17H27NO. The van der Waals surface area contributed by atoms with E-state index in [0.717, 1.165) is 6.42 Å². The molecule has 1 atom stereocenters. The van der Waals surface area contributed by atoms with Crippen LogP contribution in [-0.2, 0) is 11.2 Å². The quantitative estimate of drug-likeness (QED) is 0.849. The van der Waals surface area contributed by atoms with Crippen molar-refractivity contribution >= 4 is 5.78 Å². The largest absolute Gasteiger partial charge is 0.303 e. The maximum absolute atomic E-state index is 12.6. The Balaban J connectivity index is 3.05. The Morgan fingerprint density at radius 1 is 1.21 bits per heavy atom. The van der Waals surface area contributed by atoms with Crippen molar-refractivity contribution in [3.8, 4) is 0 Å². The number of aryl methyl sites for hydroxylation is 1. The summed E-state index contributed by atoms with van der Waals surface area (Å²) in [6, 6.07) is 8.58. The van der Waals surface area contributed by atoms with Crippen molar-refractivity contribution in [3.63, 3.8) is 0 Å². The van der Waals surface area contributed by atoms with Gasteiger partial charge in [-0.25, -0.2) is 0 Å². The average Bonchev–Trinajstić information content (AvgIpc) is 2.30. The van der Waals surface area contributed by atoms with E-state index in [9.17, 15) is 4.79 Å². The molecule has 0 amide bonds. The number of hydrogen-bond donors (Lipinski definition) is 1. The minimum Gasteiger partial charge on any atom is -0.303 e. The van der Waals surface area contributed by atoms with Gasteiger partial charge in [0.1, 0.15) is 0 Å². The molecule has 2 nitrogen and oxygen atoms in total. The minimum atomic E-state index is -0.492. The van der Waals surface area contributed by atoms with Crippen LogP contribution in [0, 0.1) is 12.8 Å². The van der Waals surface area contributed by atoms with E-state index in [2.05, 4.69) is 38.2 Å². The minimum absolute atomic E-state index is 0.0419. The topological polar surface area (TPSA) is 29.1 Å². The zero-order chi connectivity index (χ0) is 14.6. The van der Waals surface area contributed by atoms with Gasteiger partial charge in [0.25, 0.3) is 0 Å². The van der Waals surface area contributed by atoms with Gasteiger partial charge in [-0.2, -0.15) is 0 Å². The zero-order valence-corrected chi connectivity index (χ0v) is 13.1. The second-order valence-electron chi connectivity index (χ2n) is 6.25. The van der Waals surface area contributed by atoms with Crippen molar-refractivity contribution in [1.29, 1.82) is 0 Å². The molecule has 0 fully saturated rings. The molecule has 0 aliphatic carbocycles. The van der Waals surface area contributed by atoms with E-state index in [1.54, 1.807) is 0 Å². The molecule has 2 heteroatoms. The Morgan fingerprint density at radius 3 is 2.26 bits per heavy atom. The van der Waals surface area contributed by atoms with E-state index in [1.807, 2.05) is 32.9 Å². The van der Waals surface area contributed by atoms with Crippen LogP contribution < -0.4 is 5.32 Å². The molecule has 1 aromatic rings. The van der Waals surface area contributed by atoms with Gasteiger partial charge >= 0.3 is 0 Å². The van der Waals surface area contributed by atoms with Gasteiger partial charge in [-0.3, -0.25) is 4.79 Å². The number of rotatable bonds is 6. The molecule has 0 aromatic heterocycles. The maximum Gasteiger partial charge on any atom is 0.155 e. The molecule has 0 bridgehead atoms. The van der Waals surface area contributed by atoms with Crippen molar-refractivity contribution in [3.05, 3.63) is 35.4 Å². The lowest BCUT2D eigenvalue weighted by Crippen LogP contribution is -2.55. The van der Waals surface area contributed by atoms with Crippen molar-refractivity contribution in [1.82, 2.24) is 5.32 Å². The van der Waals surface area contributed by atoms with Crippen LogP contribution in [0.25, 0.3) is 0 Å². The van der Waals surface area contributed by atoms with Gasteiger partial charge in [0.05, 0.1) is 5.54 Å². The number of nitrogens with one attached hydrogen (secondary N) is 1. The van der Waals surface area contributed by atoms with Crippen LogP contribution >= 0.6 is 0 Å². The molecule has 0 saturated heterocycles. The lowest BCUT2D eigenvalue weighted by Gasteiger charge is -2.34. The fourth-order valence-corrected chi connectivity index (χ4v) is 2.67. The molecular weight excluding hydrogens is 234 g/mol. The summed E-state index contributed by atoms with van der Waals surface area (Å²) in [4.78, 5) is 12.6. The van der Waals surface area contributed by atoms with Crippen LogP contribution in [-0.4, -0.2) is 17.4 Å². The predicted molar refractivity (Wildman–Crippen MR) is 81.4 cm³/mol. The molecule has 19 heavy (non-hydrogen) atoms. The standard InChI is InChI=1S/C17H27NO/c1-12(2)16(19)17(6,18-13(3)4)11-15-10-8-7-9-14(15)5/h7-10,12-13,18H,11H2,1-6H3/t17-/m0/s1. The van der Waals surface area contributed by atoms with Crippen LogP contribution in [0.2, 0.25) is 0 Å². The number of ketones is 1. The predicted octanol–water partition coefficient (Wildman–Crippen LogP) is 3.52. The van der Waals surface area contributed by atoms with Gasteiger partial charge in [-0.1, -0.05) is 38.1 Å².